The topological polar surface area (TPSA) is 38.3 Å². The lowest BCUT2D eigenvalue weighted by atomic mass is 10.2. The highest BCUT2D eigenvalue weighted by molar-refractivity contribution is 5.77. The molecule has 0 heterocycles. The highest BCUT2D eigenvalue weighted by Gasteiger charge is 2.07. The average molecular weight is 211 g/mol. The van der Waals surface area contributed by atoms with E-state index in [0.717, 1.165) is 0 Å². The van der Waals surface area contributed by atoms with E-state index in [4.69, 9.17) is 4.74 Å². The molecule has 1 amide bonds. The van der Waals surface area contributed by atoms with Crippen LogP contribution in [0.25, 0.3) is 0 Å². The largest absolute Gasteiger partial charge is 0.481 e. The van der Waals surface area contributed by atoms with E-state index in [1.54, 1.807) is 19.1 Å². The van der Waals surface area contributed by atoms with Gasteiger partial charge in [-0.1, -0.05) is 12.1 Å². The molecule has 0 aromatic heterocycles. The van der Waals surface area contributed by atoms with Crippen LogP contribution in [0.2, 0.25) is 0 Å². The molecule has 0 aliphatic carbocycles. The van der Waals surface area contributed by atoms with Crippen LogP contribution in [0.4, 0.5) is 4.39 Å². The van der Waals surface area contributed by atoms with Crippen molar-refractivity contribution in [3.8, 4) is 5.75 Å². The van der Waals surface area contributed by atoms with Crippen molar-refractivity contribution in [2.24, 2.45) is 0 Å². The van der Waals surface area contributed by atoms with Crippen LogP contribution in [0.3, 0.4) is 0 Å². The number of likely N-dealkylation sites (N-methyl/N-ethyl adjacent to an activating group) is 1. The maximum absolute atomic E-state index is 13.4. The Bertz CT molecular complexity index is 352. The third-order valence-electron chi connectivity index (χ3n) is 1.89. The predicted molar refractivity (Wildman–Crippen MR) is 55.3 cm³/mol. The molecule has 1 N–H and O–H groups in total. The molecule has 0 fully saturated rings. The lowest BCUT2D eigenvalue weighted by molar-refractivity contribution is -0.123. The summed E-state index contributed by atoms with van der Waals surface area (Å²) in [6.07, 6.45) is 0. The molecule has 0 aliphatic rings. The Hall–Kier alpha value is -1.58. The van der Waals surface area contributed by atoms with Crippen LogP contribution in [0.5, 0.6) is 5.75 Å². The zero-order chi connectivity index (χ0) is 11.3. The SMILES string of the molecule is CCNC(=O)COc1cccc(C)c1F. The van der Waals surface area contributed by atoms with Gasteiger partial charge in [0, 0.05) is 6.54 Å². The van der Waals surface area contributed by atoms with Crippen molar-refractivity contribution in [1.82, 2.24) is 5.32 Å². The second-order valence-electron chi connectivity index (χ2n) is 3.13. The summed E-state index contributed by atoms with van der Waals surface area (Å²) in [5, 5.41) is 2.56. The average Bonchev–Trinajstić information content (AvgIpc) is 2.21. The Morgan fingerprint density at radius 2 is 2.27 bits per heavy atom. The number of carbonyl (C=O) groups is 1. The van der Waals surface area contributed by atoms with Gasteiger partial charge in [0.05, 0.1) is 0 Å². The molecule has 0 radical (unpaired) electrons. The molecular formula is C11H14FNO2. The Morgan fingerprint density at radius 3 is 2.93 bits per heavy atom. The fraction of sp³-hybridized carbons (Fsp3) is 0.364. The van der Waals surface area contributed by atoms with Crippen LogP contribution in [0.1, 0.15) is 12.5 Å². The van der Waals surface area contributed by atoms with E-state index < -0.39 is 5.82 Å². The second kappa shape index (κ2) is 5.34. The van der Waals surface area contributed by atoms with Crippen LogP contribution in [0, 0.1) is 12.7 Å². The molecule has 1 rings (SSSR count). The molecule has 0 atom stereocenters. The number of hydrogen-bond acceptors (Lipinski definition) is 2. The summed E-state index contributed by atoms with van der Waals surface area (Å²) in [5.74, 6) is -0.554. The lowest BCUT2D eigenvalue weighted by Gasteiger charge is -2.07. The van der Waals surface area contributed by atoms with Crippen molar-refractivity contribution in [3.05, 3.63) is 29.6 Å². The van der Waals surface area contributed by atoms with E-state index in [1.165, 1.54) is 6.07 Å². The third-order valence-corrected chi connectivity index (χ3v) is 1.89. The molecule has 82 valence electrons. The van der Waals surface area contributed by atoms with Crippen LogP contribution in [0.15, 0.2) is 18.2 Å². The molecular weight excluding hydrogens is 197 g/mol. The maximum atomic E-state index is 13.4. The van der Waals surface area contributed by atoms with Gasteiger partial charge in [0.25, 0.3) is 5.91 Å². The van der Waals surface area contributed by atoms with Gasteiger partial charge in [0.2, 0.25) is 0 Å². The van der Waals surface area contributed by atoms with E-state index in [9.17, 15) is 9.18 Å². The number of nitrogens with one attached hydrogen (secondary N) is 1. The Kier molecular flexibility index (Phi) is 4.09. The minimum Gasteiger partial charge on any atom is -0.481 e. The monoisotopic (exact) mass is 211 g/mol. The van der Waals surface area contributed by atoms with Crippen LogP contribution in [-0.4, -0.2) is 19.1 Å². The van der Waals surface area contributed by atoms with E-state index in [0.29, 0.717) is 12.1 Å². The number of amides is 1. The summed E-state index contributed by atoms with van der Waals surface area (Å²) in [5.41, 5.74) is 0.503. The highest BCUT2D eigenvalue weighted by Crippen LogP contribution is 2.19. The van der Waals surface area contributed by atoms with Gasteiger partial charge in [-0.15, -0.1) is 0 Å². The van der Waals surface area contributed by atoms with Crippen LogP contribution < -0.4 is 10.1 Å². The number of rotatable bonds is 4. The van der Waals surface area contributed by atoms with Crippen LogP contribution >= 0.6 is 0 Å². The van der Waals surface area contributed by atoms with E-state index in [-0.39, 0.29) is 18.3 Å². The number of halogens is 1. The zero-order valence-corrected chi connectivity index (χ0v) is 8.84. The Labute approximate surface area is 88.2 Å². The molecule has 1 aromatic rings. The molecule has 1 aromatic carbocycles. The van der Waals surface area contributed by atoms with Gasteiger partial charge in [-0.3, -0.25) is 4.79 Å². The third kappa shape index (κ3) is 3.23. The van der Waals surface area contributed by atoms with Crippen molar-refractivity contribution in [1.29, 1.82) is 0 Å². The Morgan fingerprint density at radius 1 is 1.53 bits per heavy atom. The number of benzene rings is 1. The Balaban J connectivity index is 2.58. The number of hydrogen-bond donors (Lipinski definition) is 1. The fourth-order valence-corrected chi connectivity index (χ4v) is 1.12. The van der Waals surface area contributed by atoms with Gasteiger partial charge in [0.1, 0.15) is 0 Å². The van der Waals surface area contributed by atoms with Crippen LogP contribution in [-0.2, 0) is 4.79 Å². The normalized spacial score (nSPS) is 9.80. The summed E-state index contributed by atoms with van der Waals surface area (Å²) >= 11 is 0. The van der Waals surface area contributed by atoms with E-state index in [1.807, 2.05) is 6.92 Å². The van der Waals surface area contributed by atoms with Gasteiger partial charge >= 0.3 is 0 Å². The fourth-order valence-electron chi connectivity index (χ4n) is 1.12. The maximum Gasteiger partial charge on any atom is 0.257 e. The van der Waals surface area contributed by atoms with Gasteiger partial charge < -0.3 is 10.1 Å². The second-order valence-corrected chi connectivity index (χ2v) is 3.13. The number of aryl methyl sites for hydroxylation is 1. The highest BCUT2D eigenvalue weighted by atomic mass is 19.1. The summed E-state index contributed by atoms with van der Waals surface area (Å²) < 4.78 is 18.4. The van der Waals surface area contributed by atoms with Gasteiger partial charge in [-0.05, 0) is 25.5 Å². The first-order valence-electron chi connectivity index (χ1n) is 4.79. The van der Waals surface area contributed by atoms with E-state index >= 15 is 0 Å². The minimum atomic E-state index is -0.415. The summed E-state index contributed by atoms with van der Waals surface area (Å²) in [6, 6.07) is 4.83. The first kappa shape index (κ1) is 11.5. The first-order chi connectivity index (χ1) is 7.15. The van der Waals surface area contributed by atoms with E-state index in [2.05, 4.69) is 5.32 Å². The molecule has 0 unspecified atom stereocenters. The zero-order valence-electron chi connectivity index (χ0n) is 8.84. The van der Waals surface area contributed by atoms with Crippen molar-refractivity contribution in [2.45, 2.75) is 13.8 Å². The number of carbonyl (C=O) groups excluding carboxylic acids is 1. The molecule has 4 heteroatoms. The minimum absolute atomic E-state index is 0.112. The van der Waals surface area contributed by atoms with Gasteiger partial charge in [-0.2, -0.15) is 0 Å². The summed E-state index contributed by atoms with van der Waals surface area (Å²) in [6.45, 7) is 3.84. The van der Waals surface area contributed by atoms with Crippen molar-refractivity contribution in [3.63, 3.8) is 0 Å². The predicted octanol–water partition coefficient (Wildman–Crippen LogP) is 1.65. The molecule has 0 bridgehead atoms. The molecule has 3 nitrogen and oxygen atoms in total. The smallest absolute Gasteiger partial charge is 0.257 e. The van der Waals surface area contributed by atoms with Crippen molar-refractivity contribution in [2.75, 3.05) is 13.2 Å². The quantitative estimate of drug-likeness (QED) is 0.822. The summed E-state index contributed by atoms with van der Waals surface area (Å²) in [7, 11) is 0. The lowest BCUT2D eigenvalue weighted by Crippen LogP contribution is -2.28. The molecule has 0 aliphatic heterocycles. The van der Waals surface area contributed by atoms with Gasteiger partial charge in [0.15, 0.2) is 18.2 Å². The van der Waals surface area contributed by atoms with Crippen molar-refractivity contribution < 1.29 is 13.9 Å². The molecule has 0 spiro atoms. The number of ether oxygens (including phenoxy) is 1. The van der Waals surface area contributed by atoms with Crippen molar-refractivity contribution >= 4 is 5.91 Å². The standard InChI is InChI=1S/C11H14FNO2/c1-3-13-10(14)7-15-9-6-4-5-8(2)11(9)12/h4-6H,3,7H2,1-2H3,(H,13,14). The molecule has 0 saturated heterocycles. The first-order valence-corrected chi connectivity index (χ1v) is 4.79. The summed E-state index contributed by atoms with van der Waals surface area (Å²) in [4.78, 5) is 11.1. The molecule has 15 heavy (non-hydrogen) atoms. The molecule has 0 saturated carbocycles. The van der Waals surface area contributed by atoms with Gasteiger partial charge in [-0.25, -0.2) is 4.39 Å².